The van der Waals surface area contributed by atoms with Crippen LogP contribution in [0.2, 0.25) is 10.3 Å². The van der Waals surface area contributed by atoms with Crippen LogP contribution < -0.4 is 4.74 Å². The van der Waals surface area contributed by atoms with Gasteiger partial charge in [-0.1, -0.05) is 23.2 Å². The summed E-state index contributed by atoms with van der Waals surface area (Å²) in [5.74, 6) is -1.38. The van der Waals surface area contributed by atoms with Gasteiger partial charge in [-0.15, -0.1) is 13.2 Å². The highest BCUT2D eigenvalue weighted by atomic mass is 35.5. The fraction of sp³-hybridized carbons (Fsp3) is 0.0909. The van der Waals surface area contributed by atoms with Gasteiger partial charge in [0.25, 0.3) is 0 Å². The fourth-order valence-electron chi connectivity index (χ4n) is 1.33. The van der Waals surface area contributed by atoms with Gasteiger partial charge < -0.3 is 4.74 Å². The van der Waals surface area contributed by atoms with Gasteiger partial charge in [0.15, 0.2) is 21.9 Å². The second-order valence-electron chi connectivity index (χ2n) is 3.51. The van der Waals surface area contributed by atoms with Crippen LogP contribution in [0.25, 0.3) is 11.4 Å². The molecule has 0 saturated heterocycles. The third kappa shape index (κ3) is 3.49. The molecule has 2 rings (SSSR count). The minimum atomic E-state index is -4.78. The van der Waals surface area contributed by atoms with Gasteiger partial charge in [0.2, 0.25) is 0 Å². The van der Waals surface area contributed by atoms with Crippen molar-refractivity contribution in [3.8, 4) is 17.1 Å². The molecule has 0 amide bonds. The van der Waals surface area contributed by atoms with E-state index < -0.39 is 28.2 Å². The predicted molar refractivity (Wildman–Crippen MR) is 64.1 cm³/mol. The monoisotopic (exact) mass is 326 g/mol. The second kappa shape index (κ2) is 5.41. The number of halogens is 6. The van der Waals surface area contributed by atoms with E-state index in [9.17, 15) is 17.6 Å². The molecule has 0 saturated carbocycles. The van der Waals surface area contributed by atoms with E-state index in [2.05, 4.69) is 14.7 Å². The zero-order valence-corrected chi connectivity index (χ0v) is 10.9. The number of alkyl halides is 3. The lowest BCUT2D eigenvalue weighted by atomic mass is 10.2. The van der Waals surface area contributed by atoms with E-state index in [4.69, 9.17) is 23.2 Å². The molecule has 20 heavy (non-hydrogen) atoms. The maximum atomic E-state index is 13.1. The van der Waals surface area contributed by atoms with Gasteiger partial charge in [-0.3, -0.25) is 0 Å². The minimum Gasteiger partial charge on any atom is -0.406 e. The molecule has 106 valence electrons. The van der Waals surface area contributed by atoms with E-state index in [1.54, 1.807) is 0 Å². The molecule has 0 fully saturated rings. The standard InChI is InChI=1S/C11H4Cl2F4N2O/c12-8-7(14)9(13)19-10(18-8)5-1-3-6(4-2-5)20-11(15,16)17/h1-4H. The smallest absolute Gasteiger partial charge is 0.406 e. The van der Waals surface area contributed by atoms with Crippen LogP contribution in [0.15, 0.2) is 24.3 Å². The average Bonchev–Trinajstić information content (AvgIpc) is 2.34. The van der Waals surface area contributed by atoms with E-state index in [1.807, 2.05) is 0 Å². The summed E-state index contributed by atoms with van der Waals surface area (Å²) in [7, 11) is 0. The van der Waals surface area contributed by atoms with Crippen LogP contribution in [0, 0.1) is 5.82 Å². The minimum absolute atomic E-state index is 0.0139. The maximum Gasteiger partial charge on any atom is 0.573 e. The lowest BCUT2D eigenvalue weighted by molar-refractivity contribution is -0.274. The van der Waals surface area contributed by atoms with Gasteiger partial charge in [-0.2, -0.15) is 0 Å². The highest BCUT2D eigenvalue weighted by Gasteiger charge is 2.31. The highest BCUT2D eigenvalue weighted by molar-refractivity contribution is 6.33. The Morgan fingerprint density at radius 1 is 0.950 bits per heavy atom. The second-order valence-corrected chi connectivity index (χ2v) is 4.23. The molecule has 0 aliphatic heterocycles. The van der Waals surface area contributed by atoms with Gasteiger partial charge in [-0.05, 0) is 24.3 Å². The quantitative estimate of drug-likeness (QED) is 0.602. The van der Waals surface area contributed by atoms with E-state index in [0.29, 0.717) is 5.56 Å². The van der Waals surface area contributed by atoms with Crippen molar-refractivity contribution < 1.29 is 22.3 Å². The van der Waals surface area contributed by atoms with Crippen LogP contribution in [0.4, 0.5) is 17.6 Å². The van der Waals surface area contributed by atoms with Crippen molar-refractivity contribution in [1.82, 2.24) is 9.97 Å². The largest absolute Gasteiger partial charge is 0.573 e. The van der Waals surface area contributed by atoms with Gasteiger partial charge in [0, 0.05) is 5.56 Å². The molecule has 0 radical (unpaired) electrons. The first-order valence-corrected chi connectivity index (χ1v) is 5.76. The Bertz CT molecular complexity index is 608. The SMILES string of the molecule is Fc1c(Cl)nc(-c2ccc(OC(F)(F)F)cc2)nc1Cl. The number of rotatable bonds is 2. The number of aromatic nitrogens is 2. The Labute approximate surface area is 120 Å². The third-order valence-corrected chi connectivity index (χ3v) is 2.62. The van der Waals surface area contributed by atoms with Crippen LogP contribution >= 0.6 is 23.2 Å². The summed E-state index contributed by atoms with van der Waals surface area (Å²) in [4.78, 5) is 7.28. The van der Waals surface area contributed by atoms with Gasteiger partial charge in [0.1, 0.15) is 5.75 Å². The molecule has 0 atom stereocenters. The molecular weight excluding hydrogens is 323 g/mol. The van der Waals surface area contributed by atoms with Crippen molar-refractivity contribution in [2.45, 2.75) is 6.36 Å². The van der Waals surface area contributed by atoms with Gasteiger partial charge >= 0.3 is 6.36 Å². The number of hydrogen-bond donors (Lipinski definition) is 0. The lowest BCUT2D eigenvalue weighted by Gasteiger charge is -2.09. The van der Waals surface area contributed by atoms with Crippen LogP contribution in [-0.4, -0.2) is 16.3 Å². The molecule has 1 aromatic heterocycles. The number of hydrogen-bond acceptors (Lipinski definition) is 3. The topological polar surface area (TPSA) is 35.0 Å². The van der Waals surface area contributed by atoms with E-state index in [0.717, 1.165) is 12.1 Å². The van der Waals surface area contributed by atoms with E-state index in [-0.39, 0.29) is 5.82 Å². The lowest BCUT2D eigenvalue weighted by Crippen LogP contribution is -2.16. The average molecular weight is 327 g/mol. The summed E-state index contributed by atoms with van der Waals surface area (Å²) in [6.07, 6.45) is -4.78. The van der Waals surface area contributed by atoms with Crippen LogP contribution in [0.5, 0.6) is 5.75 Å². The summed E-state index contributed by atoms with van der Waals surface area (Å²) in [5, 5.41) is -0.953. The van der Waals surface area contributed by atoms with Gasteiger partial charge in [-0.25, -0.2) is 14.4 Å². The maximum absolute atomic E-state index is 13.1. The summed E-state index contributed by atoms with van der Waals surface area (Å²) in [5.41, 5.74) is 0.309. The van der Waals surface area contributed by atoms with Crippen LogP contribution in [0.3, 0.4) is 0 Å². The summed E-state index contributed by atoms with van der Waals surface area (Å²) in [6.45, 7) is 0. The molecular formula is C11H4Cl2F4N2O. The molecule has 1 aromatic carbocycles. The van der Waals surface area contributed by atoms with Gasteiger partial charge in [0.05, 0.1) is 0 Å². The molecule has 0 N–H and O–H groups in total. The molecule has 0 aliphatic rings. The first kappa shape index (κ1) is 14.8. The van der Waals surface area contributed by atoms with Crippen molar-refractivity contribution in [2.24, 2.45) is 0 Å². The highest BCUT2D eigenvalue weighted by Crippen LogP contribution is 2.27. The molecule has 2 aromatic rings. The fourth-order valence-corrected chi connectivity index (χ4v) is 1.72. The van der Waals surface area contributed by atoms with Crippen LogP contribution in [0.1, 0.15) is 0 Å². The van der Waals surface area contributed by atoms with Crippen molar-refractivity contribution in [3.05, 3.63) is 40.4 Å². The molecule has 0 bridgehead atoms. The third-order valence-electron chi connectivity index (χ3n) is 2.12. The van der Waals surface area contributed by atoms with Crippen molar-refractivity contribution >= 4 is 23.2 Å². The molecule has 0 spiro atoms. The summed E-state index contributed by atoms with van der Waals surface area (Å²) in [6, 6.07) is 4.66. The first-order valence-electron chi connectivity index (χ1n) is 5.01. The molecule has 1 heterocycles. The molecule has 9 heteroatoms. The normalized spacial score (nSPS) is 11.5. The zero-order chi connectivity index (χ0) is 14.9. The number of benzene rings is 1. The summed E-state index contributed by atoms with van der Waals surface area (Å²) >= 11 is 11.0. The van der Waals surface area contributed by atoms with Crippen molar-refractivity contribution in [2.75, 3.05) is 0 Å². The number of ether oxygens (including phenoxy) is 1. The zero-order valence-electron chi connectivity index (χ0n) is 9.38. The van der Waals surface area contributed by atoms with E-state index >= 15 is 0 Å². The Morgan fingerprint density at radius 3 is 1.90 bits per heavy atom. The number of nitrogens with zero attached hydrogens (tertiary/aromatic N) is 2. The van der Waals surface area contributed by atoms with Crippen LogP contribution in [-0.2, 0) is 0 Å². The molecule has 0 aliphatic carbocycles. The first-order chi connectivity index (χ1) is 9.26. The predicted octanol–water partition coefficient (Wildman–Crippen LogP) is 4.49. The summed E-state index contributed by atoms with van der Waals surface area (Å²) < 4.78 is 52.8. The van der Waals surface area contributed by atoms with Crippen molar-refractivity contribution in [1.29, 1.82) is 0 Å². The van der Waals surface area contributed by atoms with Crippen molar-refractivity contribution in [3.63, 3.8) is 0 Å². The Hall–Kier alpha value is -1.60. The Kier molecular flexibility index (Phi) is 4.01. The molecule has 0 unspecified atom stereocenters. The Balaban J connectivity index is 2.31. The van der Waals surface area contributed by atoms with E-state index in [1.165, 1.54) is 12.1 Å². The Morgan fingerprint density at radius 2 is 1.45 bits per heavy atom. The molecule has 3 nitrogen and oxygen atoms in total.